The molecule has 0 bridgehead atoms. The van der Waals surface area contributed by atoms with Crippen LogP contribution in [-0.4, -0.2) is 28.4 Å². The average Bonchev–Trinajstić information content (AvgIpc) is 2.47. The van der Waals surface area contributed by atoms with Gasteiger partial charge in [-0.05, 0) is 43.5 Å². The number of benzene rings is 1. The van der Waals surface area contributed by atoms with Gasteiger partial charge >= 0.3 is 11.9 Å². The lowest BCUT2D eigenvalue weighted by atomic mass is 10.1. The van der Waals surface area contributed by atoms with Crippen LogP contribution in [0.4, 0.5) is 0 Å². The zero-order chi connectivity index (χ0) is 16.7. The number of carbonyl (C=O) groups is 3. The van der Waals surface area contributed by atoms with E-state index in [-0.39, 0.29) is 11.1 Å². The zero-order valence-corrected chi connectivity index (χ0v) is 12.1. The van der Waals surface area contributed by atoms with E-state index in [9.17, 15) is 14.4 Å². The van der Waals surface area contributed by atoms with Gasteiger partial charge in [0.05, 0.1) is 11.1 Å². The number of allylic oxidation sites excluding steroid dienone is 4. The van der Waals surface area contributed by atoms with E-state index >= 15 is 0 Å². The fourth-order valence-corrected chi connectivity index (χ4v) is 1.82. The van der Waals surface area contributed by atoms with Gasteiger partial charge in [-0.1, -0.05) is 12.1 Å². The molecular formula is C16H17NO5. The second-order valence-electron chi connectivity index (χ2n) is 4.72. The Hall–Kier alpha value is -2.89. The maximum absolute atomic E-state index is 10.6. The minimum Gasteiger partial charge on any atom is -0.478 e. The number of carboxylic acid groups (broad SMARTS) is 2. The Morgan fingerprint density at radius 2 is 1.91 bits per heavy atom. The Balaban J connectivity index is 0.000000235. The van der Waals surface area contributed by atoms with Crippen LogP contribution in [0.3, 0.4) is 0 Å². The molecule has 1 aromatic rings. The van der Waals surface area contributed by atoms with Crippen molar-refractivity contribution >= 4 is 18.2 Å². The highest BCUT2D eigenvalue weighted by Gasteiger charge is 2.10. The number of hydrogen-bond acceptors (Lipinski definition) is 4. The predicted molar refractivity (Wildman–Crippen MR) is 80.7 cm³/mol. The highest BCUT2D eigenvalue weighted by Crippen LogP contribution is 2.11. The first-order valence-corrected chi connectivity index (χ1v) is 6.53. The molecule has 1 aromatic carbocycles. The van der Waals surface area contributed by atoms with E-state index in [1.54, 1.807) is 13.0 Å². The quantitative estimate of drug-likeness (QED) is 0.736. The van der Waals surface area contributed by atoms with Crippen LogP contribution < -0.4 is 5.73 Å². The van der Waals surface area contributed by atoms with Crippen LogP contribution in [0.25, 0.3) is 0 Å². The second-order valence-corrected chi connectivity index (χ2v) is 4.72. The Kier molecular flexibility index (Phi) is 6.07. The van der Waals surface area contributed by atoms with Crippen molar-refractivity contribution < 1.29 is 24.6 Å². The summed E-state index contributed by atoms with van der Waals surface area (Å²) < 4.78 is 0. The fraction of sp³-hybridized carbons (Fsp3) is 0.188. The van der Waals surface area contributed by atoms with Crippen molar-refractivity contribution in [1.29, 1.82) is 0 Å². The minimum absolute atomic E-state index is 0.0111. The first-order chi connectivity index (χ1) is 10.3. The van der Waals surface area contributed by atoms with Crippen molar-refractivity contribution in [3.8, 4) is 0 Å². The van der Waals surface area contributed by atoms with Gasteiger partial charge in [-0.25, -0.2) is 9.59 Å². The Morgan fingerprint density at radius 3 is 2.36 bits per heavy atom. The van der Waals surface area contributed by atoms with E-state index in [0.717, 1.165) is 30.9 Å². The molecule has 116 valence electrons. The van der Waals surface area contributed by atoms with Crippen molar-refractivity contribution in [3.05, 3.63) is 58.3 Å². The lowest BCUT2D eigenvalue weighted by Crippen LogP contribution is -2.03. The van der Waals surface area contributed by atoms with Crippen LogP contribution in [0.15, 0.2) is 41.6 Å². The summed E-state index contributed by atoms with van der Waals surface area (Å²) in [6.07, 6.45) is 6.22. The van der Waals surface area contributed by atoms with Crippen molar-refractivity contribution in [3.63, 3.8) is 0 Å². The van der Waals surface area contributed by atoms with Crippen molar-refractivity contribution in [1.82, 2.24) is 0 Å². The zero-order valence-electron chi connectivity index (χ0n) is 12.1. The van der Waals surface area contributed by atoms with Gasteiger partial charge in [-0.2, -0.15) is 0 Å². The maximum atomic E-state index is 10.6. The molecule has 4 N–H and O–H groups in total. The summed E-state index contributed by atoms with van der Waals surface area (Å²) >= 11 is 0. The number of carboxylic acids is 2. The number of nitrogens with two attached hydrogens (primary N) is 1. The van der Waals surface area contributed by atoms with E-state index in [2.05, 4.69) is 0 Å². The van der Waals surface area contributed by atoms with E-state index in [1.807, 2.05) is 6.08 Å². The van der Waals surface area contributed by atoms with E-state index in [4.69, 9.17) is 15.9 Å². The molecule has 22 heavy (non-hydrogen) atoms. The predicted octanol–water partition coefficient (Wildman–Crippen LogP) is 2.14. The third-order valence-corrected chi connectivity index (χ3v) is 3.02. The molecule has 0 atom stereocenters. The molecule has 0 fully saturated rings. The first-order valence-electron chi connectivity index (χ1n) is 6.53. The molecule has 0 aromatic heterocycles. The Labute approximate surface area is 127 Å². The maximum Gasteiger partial charge on any atom is 0.335 e. The van der Waals surface area contributed by atoms with Crippen molar-refractivity contribution in [2.75, 3.05) is 0 Å². The summed E-state index contributed by atoms with van der Waals surface area (Å²) in [6, 6.07) is 4.01. The van der Waals surface area contributed by atoms with Crippen molar-refractivity contribution in [2.24, 2.45) is 5.73 Å². The molecule has 1 aliphatic rings. The standard InChI is InChI=1S/C9H8O4.C7H9NO/c1-5-2-3-6(8(10)11)4-7(5)9(12)13;8-7-3-1-2-6(4-7)5-9/h2-4H,1H3,(H,10,11)(H,12,13);2,4-5H,1,3,8H2. The highest BCUT2D eigenvalue weighted by atomic mass is 16.4. The fourth-order valence-electron chi connectivity index (χ4n) is 1.82. The molecular weight excluding hydrogens is 286 g/mol. The van der Waals surface area contributed by atoms with Crippen LogP contribution in [0.5, 0.6) is 0 Å². The largest absolute Gasteiger partial charge is 0.478 e. The lowest BCUT2D eigenvalue weighted by molar-refractivity contribution is -0.104. The van der Waals surface area contributed by atoms with Gasteiger partial charge in [0.25, 0.3) is 0 Å². The van der Waals surface area contributed by atoms with E-state index in [0.29, 0.717) is 11.1 Å². The molecule has 0 heterocycles. The molecule has 0 spiro atoms. The summed E-state index contributed by atoms with van der Waals surface area (Å²) in [5.74, 6) is -2.23. The summed E-state index contributed by atoms with van der Waals surface area (Å²) in [6.45, 7) is 1.62. The summed E-state index contributed by atoms with van der Waals surface area (Å²) in [7, 11) is 0. The average molecular weight is 303 g/mol. The smallest absolute Gasteiger partial charge is 0.335 e. The van der Waals surface area contributed by atoms with Crippen LogP contribution in [-0.2, 0) is 4.79 Å². The molecule has 1 aliphatic carbocycles. The molecule has 0 amide bonds. The molecule has 2 rings (SSSR count). The van der Waals surface area contributed by atoms with Crippen LogP contribution in [0.2, 0.25) is 0 Å². The molecule has 0 radical (unpaired) electrons. The van der Waals surface area contributed by atoms with Gasteiger partial charge in [0.1, 0.15) is 6.29 Å². The lowest BCUT2D eigenvalue weighted by Gasteiger charge is -2.03. The molecule has 6 heteroatoms. The molecule has 6 nitrogen and oxygen atoms in total. The normalized spacial score (nSPS) is 13.1. The molecule has 0 aliphatic heterocycles. The SMILES string of the molecule is Cc1ccc(C(=O)O)cc1C(=O)O.NC1=CC(C=O)=CCC1. The molecule has 0 saturated heterocycles. The third-order valence-electron chi connectivity index (χ3n) is 3.02. The van der Waals surface area contributed by atoms with Gasteiger partial charge < -0.3 is 15.9 Å². The summed E-state index contributed by atoms with van der Waals surface area (Å²) in [5, 5.41) is 17.3. The topological polar surface area (TPSA) is 118 Å². The first kappa shape index (κ1) is 17.2. The minimum atomic E-state index is -1.12. The third kappa shape index (κ3) is 4.90. The van der Waals surface area contributed by atoms with Crippen molar-refractivity contribution in [2.45, 2.75) is 19.8 Å². The monoisotopic (exact) mass is 303 g/mol. The second kappa shape index (κ2) is 7.78. The van der Waals surface area contributed by atoms with Gasteiger partial charge in [-0.15, -0.1) is 0 Å². The van der Waals surface area contributed by atoms with Gasteiger partial charge in [0, 0.05) is 11.3 Å². The van der Waals surface area contributed by atoms with E-state index in [1.165, 1.54) is 12.1 Å². The van der Waals surface area contributed by atoms with Crippen LogP contribution in [0.1, 0.15) is 39.1 Å². The Morgan fingerprint density at radius 1 is 1.23 bits per heavy atom. The van der Waals surface area contributed by atoms with E-state index < -0.39 is 11.9 Å². The van der Waals surface area contributed by atoms with Gasteiger partial charge in [-0.3, -0.25) is 4.79 Å². The molecule has 0 saturated carbocycles. The number of rotatable bonds is 3. The van der Waals surface area contributed by atoms with Crippen LogP contribution >= 0.6 is 0 Å². The number of aryl methyl sites for hydroxylation is 1. The Bertz CT molecular complexity index is 659. The number of aldehydes is 1. The van der Waals surface area contributed by atoms with Gasteiger partial charge in [0.2, 0.25) is 0 Å². The number of aromatic carboxylic acids is 2. The number of carbonyl (C=O) groups excluding carboxylic acids is 1. The summed E-state index contributed by atoms with van der Waals surface area (Å²) in [4.78, 5) is 31.2. The summed E-state index contributed by atoms with van der Waals surface area (Å²) in [5.41, 5.74) is 7.54. The molecule has 0 unspecified atom stereocenters. The number of hydrogen-bond donors (Lipinski definition) is 3. The van der Waals surface area contributed by atoms with Crippen LogP contribution in [0, 0.1) is 6.92 Å². The van der Waals surface area contributed by atoms with Gasteiger partial charge in [0.15, 0.2) is 0 Å². The highest BCUT2D eigenvalue weighted by molar-refractivity contribution is 5.94.